The van der Waals surface area contributed by atoms with Crippen molar-refractivity contribution in [3.63, 3.8) is 0 Å². The minimum atomic E-state index is -0.630. The van der Waals surface area contributed by atoms with Crippen LogP contribution in [0.3, 0.4) is 0 Å². The molecule has 0 saturated heterocycles. The van der Waals surface area contributed by atoms with E-state index in [-0.39, 0.29) is 18.6 Å². The third kappa shape index (κ3) is 4.46. The smallest absolute Gasteiger partial charge is 0.239 e. The Kier molecular flexibility index (Phi) is 5.61. The van der Waals surface area contributed by atoms with E-state index in [0.29, 0.717) is 0 Å². The van der Waals surface area contributed by atoms with Gasteiger partial charge in [-0.3, -0.25) is 4.79 Å². The van der Waals surface area contributed by atoms with Crippen molar-refractivity contribution >= 4 is 21.8 Å². The first-order valence-corrected chi connectivity index (χ1v) is 6.14. The van der Waals surface area contributed by atoms with Crippen molar-refractivity contribution in [3.05, 3.63) is 34.3 Å². The minimum Gasteiger partial charge on any atom is -0.383 e. The van der Waals surface area contributed by atoms with Crippen molar-refractivity contribution in [2.45, 2.75) is 19.0 Å². The van der Waals surface area contributed by atoms with E-state index < -0.39 is 6.04 Å². The normalized spacial score (nSPS) is 14.1. The van der Waals surface area contributed by atoms with Crippen molar-refractivity contribution in [2.24, 2.45) is 5.73 Å². The summed E-state index contributed by atoms with van der Waals surface area (Å²) in [6, 6.07) is 7.08. The zero-order valence-corrected chi connectivity index (χ0v) is 11.5. The summed E-state index contributed by atoms with van der Waals surface area (Å²) < 4.78 is 5.82. The van der Waals surface area contributed by atoms with Gasteiger partial charge < -0.3 is 15.8 Å². The van der Waals surface area contributed by atoms with Gasteiger partial charge in [0.05, 0.1) is 12.6 Å². The first kappa shape index (κ1) is 14.2. The van der Waals surface area contributed by atoms with Crippen LogP contribution in [0.4, 0.5) is 0 Å². The van der Waals surface area contributed by atoms with E-state index in [1.165, 1.54) is 7.11 Å². The molecule has 2 atom stereocenters. The largest absolute Gasteiger partial charge is 0.383 e. The van der Waals surface area contributed by atoms with Crippen LogP contribution in [0.1, 0.15) is 18.5 Å². The summed E-state index contributed by atoms with van der Waals surface area (Å²) in [5.41, 5.74) is 6.66. The molecule has 5 heteroatoms. The van der Waals surface area contributed by atoms with Gasteiger partial charge in [-0.15, -0.1) is 0 Å². The van der Waals surface area contributed by atoms with Crippen LogP contribution in [0, 0.1) is 0 Å². The number of carbonyl (C=O) groups excluding carboxylic acids is 1. The number of ether oxygens (including phenoxy) is 1. The van der Waals surface area contributed by atoms with Gasteiger partial charge in [0, 0.05) is 11.6 Å². The molecular formula is C12H17BrN2O2. The van der Waals surface area contributed by atoms with Gasteiger partial charge in [-0.1, -0.05) is 28.1 Å². The molecule has 2 unspecified atom stereocenters. The highest BCUT2D eigenvalue weighted by atomic mass is 79.9. The summed E-state index contributed by atoms with van der Waals surface area (Å²) in [5.74, 6) is -0.209. The molecule has 0 radical (unpaired) electrons. The van der Waals surface area contributed by atoms with E-state index in [9.17, 15) is 4.79 Å². The average molecular weight is 301 g/mol. The van der Waals surface area contributed by atoms with Crippen LogP contribution in [0.25, 0.3) is 0 Å². The quantitative estimate of drug-likeness (QED) is 0.868. The number of nitrogens with two attached hydrogens (primary N) is 1. The molecule has 0 aliphatic rings. The van der Waals surface area contributed by atoms with Gasteiger partial charge in [0.15, 0.2) is 0 Å². The monoisotopic (exact) mass is 300 g/mol. The van der Waals surface area contributed by atoms with Crippen molar-refractivity contribution in [1.29, 1.82) is 0 Å². The number of rotatable bonds is 5. The molecule has 0 fully saturated rings. The summed E-state index contributed by atoms with van der Waals surface area (Å²) in [6.45, 7) is 2.14. The third-order valence-electron chi connectivity index (χ3n) is 2.39. The second-order valence-corrected chi connectivity index (χ2v) is 4.76. The lowest BCUT2D eigenvalue weighted by molar-refractivity contribution is -0.124. The lowest BCUT2D eigenvalue weighted by atomic mass is 10.1. The number of nitrogens with one attached hydrogen (secondary N) is 1. The van der Waals surface area contributed by atoms with Crippen LogP contribution in [0.2, 0.25) is 0 Å². The fraction of sp³-hybridized carbons (Fsp3) is 0.417. The Hall–Kier alpha value is -0.910. The maximum atomic E-state index is 11.7. The van der Waals surface area contributed by atoms with E-state index in [4.69, 9.17) is 10.5 Å². The highest BCUT2D eigenvalue weighted by molar-refractivity contribution is 9.10. The number of hydrogen-bond acceptors (Lipinski definition) is 3. The SMILES string of the molecule is COCC(N)C(=O)NC(C)c1cccc(Br)c1. The standard InChI is InChI=1S/C12H17BrN2O2/c1-8(9-4-3-5-10(13)6-9)15-12(16)11(14)7-17-2/h3-6,8,11H,7,14H2,1-2H3,(H,15,16). The van der Waals surface area contributed by atoms with Gasteiger partial charge in [-0.2, -0.15) is 0 Å². The number of hydrogen-bond donors (Lipinski definition) is 2. The fourth-order valence-electron chi connectivity index (χ4n) is 1.43. The summed E-state index contributed by atoms with van der Waals surface area (Å²) in [5, 5.41) is 2.84. The highest BCUT2D eigenvalue weighted by Crippen LogP contribution is 2.17. The highest BCUT2D eigenvalue weighted by Gasteiger charge is 2.16. The molecule has 1 amide bonds. The van der Waals surface area contributed by atoms with Crippen molar-refractivity contribution in [1.82, 2.24) is 5.32 Å². The van der Waals surface area contributed by atoms with Gasteiger partial charge >= 0.3 is 0 Å². The number of carbonyl (C=O) groups is 1. The molecule has 0 aromatic heterocycles. The molecule has 0 spiro atoms. The van der Waals surface area contributed by atoms with Gasteiger partial charge in [0.25, 0.3) is 0 Å². The van der Waals surface area contributed by atoms with Crippen LogP contribution in [0.5, 0.6) is 0 Å². The first-order chi connectivity index (χ1) is 8.04. The summed E-state index contributed by atoms with van der Waals surface area (Å²) >= 11 is 3.39. The minimum absolute atomic E-state index is 0.0806. The number of methoxy groups -OCH3 is 1. The van der Waals surface area contributed by atoms with E-state index in [1.54, 1.807) is 0 Å². The fourth-order valence-corrected chi connectivity index (χ4v) is 1.85. The van der Waals surface area contributed by atoms with Gasteiger partial charge in [-0.05, 0) is 24.6 Å². The number of benzene rings is 1. The molecule has 0 bridgehead atoms. The van der Waals surface area contributed by atoms with Crippen molar-refractivity contribution in [3.8, 4) is 0 Å². The molecule has 1 aromatic carbocycles. The molecule has 4 nitrogen and oxygen atoms in total. The van der Waals surface area contributed by atoms with E-state index in [2.05, 4.69) is 21.2 Å². The molecule has 3 N–H and O–H groups in total. The maximum absolute atomic E-state index is 11.7. The molecule has 0 aliphatic heterocycles. The summed E-state index contributed by atoms with van der Waals surface area (Å²) in [6.07, 6.45) is 0. The Morgan fingerprint density at radius 2 is 2.29 bits per heavy atom. The van der Waals surface area contributed by atoms with E-state index >= 15 is 0 Å². The predicted molar refractivity (Wildman–Crippen MR) is 70.6 cm³/mol. The lowest BCUT2D eigenvalue weighted by Gasteiger charge is -2.17. The van der Waals surface area contributed by atoms with Crippen LogP contribution in [-0.4, -0.2) is 25.7 Å². The first-order valence-electron chi connectivity index (χ1n) is 5.35. The second-order valence-electron chi connectivity index (χ2n) is 3.85. The van der Waals surface area contributed by atoms with Gasteiger partial charge in [0.2, 0.25) is 5.91 Å². The lowest BCUT2D eigenvalue weighted by Crippen LogP contribution is -2.44. The molecule has 0 aliphatic carbocycles. The third-order valence-corrected chi connectivity index (χ3v) is 2.88. The van der Waals surface area contributed by atoms with E-state index in [0.717, 1.165) is 10.0 Å². The molecule has 1 aromatic rings. The molecule has 1 rings (SSSR count). The Bertz CT molecular complexity index is 385. The molecule has 17 heavy (non-hydrogen) atoms. The van der Waals surface area contributed by atoms with Crippen molar-refractivity contribution in [2.75, 3.05) is 13.7 Å². The van der Waals surface area contributed by atoms with Gasteiger partial charge in [0.1, 0.15) is 6.04 Å². The summed E-state index contributed by atoms with van der Waals surface area (Å²) in [4.78, 5) is 11.7. The Labute approximate surface area is 110 Å². The van der Waals surface area contributed by atoms with Gasteiger partial charge in [-0.25, -0.2) is 0 Å². The zero-order chi connectivity index (χ0) is 12.8. The molecule has 94 valence electrons. The second kappa shape index (κ2) is 6.74. The zero-order valence-electron chi connectivity index (χ0n) is 9.94. The Morgan fingerprint density at radius 3 is 2.88 bits per heavy atom. The number of amides is 1. The molecular weight excluding hydrogens is 284 g/mol. The average Bonchev–Trinajstić information content (AvgIpc) is 2.29. The predicted octanol–water partition coefficient (Wildman–Crippen LogP) is 1.60. The van der Waals surface area contributed by atoms with Crippen LogP contribution in [0.15, 0.2) is 28.7 Å². The molecule has 0 heterocycles. The van der Waals surface area contributed by atoms with Crippen LogP contribution in [-0.2, 0) is 9.53 Å². The summed E-state index contributed by atoms with van der Waals surface area (Å²) in [7, 11) is 1.52. The van der Waals surface area contributed by atoms with E-state index in [1.807, 2.05) is 31.2 Å². The number of halogens is 1. The topological polar surface area (TPSA) is 64.3 Å². The Balaban J connectivity index is 2.60. The maximum Gasteiger partial charge on any atom is 0.239 e. The Morgan fingerprint density at radius 1 is 1.59 bits per heavy atom. The van der Waals surface area contributed by atoms with Crippen LogP contribution < -0.4 is 11.1 Å². The van der Waals surface area contributed by atoms with Crippen molar-refractivity contribution < 1.29 is 9.53 Å². The van der Waals surface area contributed by atoms with Crippen LogP contribution >= 0.6 is 15.9 Å². The molecule has 0 saturated carbocycles.